The topological polar surface area (TPSA) is 116 Å². The summed E-state index contributed by atoms with van der Waals surface area (Å²) in [6.07, 6.45) is 8.04. The molecule has 8 nitrogen and oxygen atoms in total. The van der Waals surface area contributed by atoms with Crippen molar-refractivity contribution in [2.75, 3.05) is 25.5 Å². The minimum absolute atomic E-state index is 0.125. The van der Waals surface area contributed by atoms with Crippen molar-refractivity contribution in [3.05, 3.63) is 65.7 Å². The van der Waals surface area contributed by atoms with Crippen LogP contribution in [0.5, 0.6) is 5.75 Å². The van der Waals surface area contributed by atoms with Gasteiger partial charge in [-0.2, -0.15) is 0 Å². The van der Waals surface area contributed by atoms with E-state index in [0.29, 0.717) is 42.1 Å². The lowest BCUT2D eigenvalue weighted by molar-refractivity contribution is 0.0949. The first-order valence-electron chi connectivity index (χ1n) is 9.35. The van der Waals surface area contributed by atoms with E-state index in [1.54, 1.807) is 36.7 Å². The minimum Gasteiger partial charge on any atom is -0.496 e. The zero-order chi connectivity index (χ0) is 20.6. The summed E-state index contributed by atoms with van der Waals surface area (Å²) in [5.41, 5.74) is 7.50. The number of nitrogens with zero attached hydrogens (tertiary/aromatic N) is 1. The summed E-state index contributed by atoms with van der Waals surface area (Å²) in [4.78, 5) is 29.2. The molecule has 0 bridgehead atoms. The monoisotopic (exact) mass is 396 g/mol. The summed E-state index contributed by atoms with van der Waals surface area (Å²) in [7, 11) is 1.49. The molecule has 3 rings (SSSR count). The Labute approximate surface area is 169 Å². The molecule has 1 aromatic carbocycles. The van der Waals surface area contributed by atoms with Crippen LogP contribution in [0.4, 0.5) is 5.69 Å². The zero-order valence-electron chi connectivity index (χ0n) is 16.2. The first-order chi connectivity index (χ1) is 14.1. The number of methoxy groups -OCH3 is 1. The first kappa shape index (κ1) is 20.3. The maximum absolute atomic E-state index is 12.7. The number of nitrogens with two attached hydrogens (primary N) is 1. The first-order valence-corrected chi connectivity index (χ1v) is 9.35. The van der Waals surface area contributed by atoms with E-state index in [-0.39, 0.29) is 17.9 Å². The highest BCUT2D eigenvalue weighted by atomic mass is 16.5. The molecule has 1 aliphatic heterocycles. The Balaban J connectivity index is 1.74. The number of hydrogen-bond acceptors (Lipinski definition) is 6. The molecule has 0 fully saturated rings. The second-order valence-corrected chi connectivity index (χ2v) is 6.51. The van der Waals surface area contributed by atoms with Gasteiger partial charge < -0.3 is 25.8 Å². The van der Waals surface area contributed by atoms with Crippen molar-refractivity contribution in [1.82, 2.24) is 10.3 Å². The van der Waals surface area contributed by atoms with Crippen LogP contribution in [0.25, 0.3) is 0 Å². The summed E-state index contributed by atoms with van der Waals surface area (Å²) in [5, 5.41) is 5.58. The SMILES string of the molecule is COc1ccc(NC(=O)c2cncc(C3CC=CO3)c2)cc1C(=O)NCCCN. The van der Waals surface area contributed by atoms with Gasteiger partial charge in [0, 0.05) is 36.6 Å². The largest absolute Gasteiger partial charge is 0.496 e. The molecule has 0 saturated heterocycles. The molecule has 2 aromatic rings. The average molecular weight is 396 g/mol. The maximum atomic E-state index is 12.7. The lowest BCUT2D eigenvalue weighted by atomic mass is 10.1. The third kappa shape index (κ3) is 5.11. The predicted molar refractivity (Wildman–Crippen MR) is 109 cm³/mol. The van der Waals surface area contributed by atoms with E-state index in [4.69, 9.17) is 15.2 Å². The highest BCUT2D eigenvalue weighted by Gasteiger charge is 2.18. The van der Waals surface area contributed by atoms with Crippen molar-refractivity contribution in [3.63, 3.8) is 0 Å². The van der Waals surface area contributed by atoms with Gasteiger partial charge in [0.2, 0.25) is 0 Å². The second-order valence-electron chi connectivity index (χ2n) is 6.51. The quantitative estimate of drug-likeness (QED) is 0.590. The number of aromatic nitrogens is 1. The van der Waals surface area contributed by atoms with Crippen molar-refractivity contribution in [2.24, 2.45) is 5.73 Å². The molecular formula is C21H24N4O4. The molecule has 1 aromatic heterocycles. The van der Waals surface area contributed by atoms with E-state index in [2.05, 4.69) is 15.6 Å². The average Bonchev–Trinajstić information content (AvgIpc) is 3.29. The normalized spacial score (nSPS) is 14.9. The second kappa shape index (κ2) is 9.70. The van der Waals surface area contributed by atoms with Crippen LogP contribution in [0.1, 0.15) is 45.2 Å². The molecule has 2 heterocycles. The van der Waals surface area contributed by atoms with Gasteiger partial charge in [0.1, 0.15) is 11.9 Å². The van der Waals surface area contributed by atoms with Crippen LogP contribution in [0.2, 0.25) is 0 Å². The number of carbonyl (C=O) groups is 2. The Morgan fingerprint density at radius 3 is 2.86 bits per heavy atom. The van der Waals surface area contributed by atoms with Gasteiger partial charge in [-0.3, -0.25) is 14.6 Å². The number of pyridine rings is 1. The number of hydrogen-bond donors (Lipinski definition) is 3. The van der Waals surface area contributed by atoms with Gasteiger partial charge in [-0.05, 0) is 43.3 Å². The van der Waals surface area contributed by atoms with Gasteiger partial charge in [0.05, 0.1) is 24.5 Å². The van der Waals surface area contributed by atoms with Crippen LogP contribution in [0, 0.1) is 0 Å². The van der Waals surface area contributed by atoms with Gasteiger partial charge in [-0.15, -0.1) is 0 Å². The fourth-order valence-electron chi connectivity index (χ4n) is 2.92. The molecule has 0 aliphatic carbocycles. The molecule has 2 amide bonds. The summed E-state index contributed by atoms with van der Waals surface area (Å²) in [5.74, 6) is -0.200. The molecule has 152 valence electrons. The Bertz CT molecular complexity index is 905. The molecule has 29 heavy (non-hydrogen) atoms. The van der Waals surface area contributed by atoms with E-state index < -0.39 is 0 Å². The molecule has 0 radical (unpaired) electrons. The van der Waals surface area contributed by atoms with E-state index in [0.717, 1.165) is 12.0 Å². The number of carbonyl (C=O) groups excluding carboxylic acids is 2. The Hall–Kier alpha value is -3.39. The summed E-state index contributed by atoms with van der Waals surface area (Å²) >= 11 is 0. The van der Waals surface area contributed by atoms with Crippen LogP contribution < -0.4 is 21.1 Å². The van der Waals surface area contributed by atoms with Crippen LogP contribution in [0.3, 0.4) is 0 Å². The molecular weight excluding hydrogens is 372 g/mol. The Morgan fingerprint density at radius 2 is 2.14 bits per heavy atom. The highest BCUT2D eigenvalue weighted by molar-refractivity contribution is 6.05. The minimum atomic E-state index is -0.329. The van der Waals surface area contributed by atoms with Crippen molar-refractivity contribution < 1.29 is 19.1 Å². The van der Waals surface area contributed by atoms with Gasteiger partial charge >= 0.3 is 0 Å². The van der Waals surface area contributed by atoms with Gasteiger partial charge in [0.25, 0.3) is 11.8 Å². The molecule has 0 saturated carbocycles. The van der Waals surface area contributed by atoms with Crippen molar-refractivity contribution in [2.45, 2.75) is 18.9 Å². The molecule has 0 spiro atoms. The maximum Gasteiger partial charge on any atom is 0.257 e. The van der Waals surface area contributed by atoms with Gasteiger partial charge in [0.15, 0.2) is 0 Å². The Morgan fingerprint density at radius 1 is 1.28 bits per heavy atom. The molecule has 1 unspecified atom stereocenters. The standard InChI is InChI=1S/C21H24N4O4/c1-28-19-6-5-16(11-17(19)21(27)24-8-3-7-22)25-20(26)15-10-14(12-23-13-15)18-4-2-9-29-18/h2,5-6,9-13,18H,3-4,7-8,22H2,1H3,(H,24,27)(H,25,26). The number of anilines is 1. The number of amides is 2. The van der Waals surface area contributed by atoms with Gasteiger partial charge in [-0.25, -0.2) is 0 Å². The summed E-state index contributed by atoms with van der Waals surface area (Å²) in [6, 6.07) is 6.65. The zero-order valence-corrected chi connectivity index (χ0v) is 16.2. The molecule has 4 N–H and O–H groups in total. The van der Waals surface area contributed by atoms with E-state index in [1.807, 2.05) is 6.08 Å². The number of rotatable bonds is 8. The highest BCUT2D eigenvalue weighted by Crippen LogP contribution is 2.27. The Kier molecular flexibility index (Phi) is 6.80. The molecule has 8 heteroatoms. The van der Waals surface area contributed by atoms with Crippen LogP contribution >= 0.6 is 0 Å². The van der Waals surface area contributed by atoms with Gasteiger partial charge in [-0.1, -0.05) is 0 Å². The molecule has 1 atom stereocenters. The number of benzene rings is 1. The number of nitrogens with one attached hydrogen (secondary N) is 2. The summed E-state index contributed by atoms with van der Waals surface area (Å²) in [6.45, 7) is 0.953. The van der Waals surface area contributed by atoms with E-state index in [1.165, 1.54) is 13.3 Å². The van der Waals surface area contributed by atoms with Crippen molar-refractivity contribution in [3.8, 4) is 5.75 Å². The van der Waals surface area contributed by atoms with Crippen LogP contribution in [-0.4, -0.2) is 37.0 Å². The summed E-state index contributed by atoms with van der Waals surface area (Å²) < 4.78 is 10.7. The fourth-order valence-corrected chi connectivity index (χ4v) is 2.92. The van der Waals surface area contributed by atoms with E-state index in [9.17, 15) is 9.59 Å². The number of ether oxygens (including phenoxy) is 2. The molecule has 1 aliphatic rings. The van der Waals surface area contributed by atoms with Crippen LogP contribution in [0.15, 0.2) is 49.0 Å². The lowest BCUT2D eigenvalue weighted by Gasteiger charge is -2.13. The van der Waals surface area contributed by atoms with Crippen molar-refractivity contribution in [1.29, 1.82) is 0 Å². The smallest absolute Gasteiger partial charge is 0.257 e. The van der Waals surface area contributed by atoms with E-state index >= 15 is 0 Å². The lowest BCUT2D eigenvalue weighted by Crippen LogP contribution is -2.26. The third-order valence-corrected chi connectivity index (χ3v) is 4.45. The fraction of sp³-hybridized carbons (Fsp3) is 0.286. The van der Waals surface area contributed by atoms with Crippen molar-refractivity contribution >= 4 is 17.5 Å². The van der Waals surface area contributed by atoms with Crippen LogP contribution in [-0.2, 0) is 4.74 Å². The third-order valence-electron chi connectivity index (χ3n) is 4.45. The predicted octanol–water partition coefficient (Wildman–Crippen LogP) is 2.40.